The smallest absolute Gasteiger partial charge is 0.213 e. The molecule has 1 aliphatic carbocycles. The van der Waals surface area contributed by atoms with E-state index >= 15 is 0 Å². The van der Waals surface area contributed by atoms with Gasteiger partial charge in [0.2, 0.25) is 5.71 Å². The Balaban J connectivity index is 0.000000291. The molecule has 3 heteroatoms. The number of para-hydroxylation sites is 3. The van der Waals surface area contributed by atoms with Crippen LogP contribution in [0.5, 0.6) is 0 Å². The summed E-state index contributed by atoms with van der Waals surface area (Å²) in [5.74, 6) is 26.9. The highest BCUT2D eigenvalue weighted by molar-refractivity contribution is 6.21. The van der Waals surface area contributed by atoms with Crippen LogP contribution in [0.2, 0.25) is 0 Å². The number of nitrogens with zero attached hydrogens (tertiary/aromatic N) is 2. The zero-order valence-electron chi connectivity index (χ0n) is 32.2. The van der Waals surface area contributed by atoms with Crippen molar-refractivity contribution in [2.24, 2.45) is 0 Å². The molecule has 7 aromatic carbocycles. The second kappa shape index (κ2) is 14.5. The lowest BCUT2D eigenvalue weighted by Gasteiger charge is -2.39. The van der Waals surface area contributed by atoms with Crippen molar-refractivity contribution in [3.8, 4) is 106 Å². The van der Waals surface area contributed by atoms with Crippen molar-refractivity contribution in [2.75, 3.05) is 0 Å². The maximum atomic E-state index is 9.87. The van der Waals surface area contributed by atoms with Gasteiger partial charge in [-0.25, -0.2) is 0 Å². The molecule has 0 radical (unpaired) electrons. The summed E-state index contributed by atoms with van der Waals surface area (Å²) >= 11 is 0. The fraction of sp³-hybridized carbons (Fsp3) is 0.0351. The molecule has 1 aliphatic heterocycles. The SMILES string of the molecule is C#CC#CC#CC#CC#CC#CC.N#Cc1ccc(-c2ccc3c(c2)C2(c4ccccc4-3)c3ccccc3-n3c4oc5ccccc5c4c4cccc2c43)c2ccccc12. The molecule has 0 bridgehead atoms. The second-order valence-electron chi connectivity index (χ2n) is 14.2. The standard InChI is InChI=1S/C44H24N2O.C13H4/c45-25-27-21-22-29(30-11-2-1-10-28(27)30)26-20-23-32-31-12-3-5-15-35(31)44(38(32)24-26)36-16-6-7-18-39(36)46-42-34(14-9-17-37(42)44)41-33-13-4-8-19-40(33)47-43(41)46;1-3-5-7-9-11-13-12-10-8-6-4-2/h1-24H;1H,2H3. The first-order valence-electron chi connectivity index (χ1n) is 19.3. The van der Waals surface area contributed by atoms with Crippen molar-refractivity contribution in [3.05, 3.63) is 173 Å². The van der Waals surface area contributed by atoms with Crippen molar-refractivity contribution in [2.45, 2.75) is 12.3 Å². The zero-order valence-corrected chi connectivity index (χ0v) is 32.2. The predicted molar refractivity (Wildman–Crippen MR) is 242 cm³/mol. The number of terminal acetylenes is 1. The van der Waals surface area contributed by atoms with Crippen LogP contribution in [0, 0.1) is 82.9 Å². The highest BCUT2D eigenvalue weighted by atomic mass is 16.3. The van der Waals surface area contributed by atoms with Gasteiger partial charge in [-0.15, -0.1) is 6.42 Å². The van der Waals surface area contributed by atoms with E-state index < -0.39 is 5.41 Å². The van der Waals surface area contributed by atoms with E-state index in [2.05, 4.69) is 197 Å². The highest BCUT2D eigenvalue weighted by Crippen LogP contribution is 2.61. The molecule has 1 atom stereocenters. The Morgan fingerprint density at radius 1 is 0.533 bits per heavy atom. The fourth-order valence-electron chi connectivity index (χ4n) is 9.19. The van der Waals surface area contributed by atoms with Crippen molar-refractivity contribution in [3.63, 3.8) is 0 Å². The van der Waals surface area contributed by atoms with Gasteiger partial charge in [-0.3, -0.25) is 4.57 Å². The summed E-state index contributed by atoms with van der Waals surface area (Å²) in [4.78, 5) is 0. The van der Waals surface area contributed by atoms with Gasteiger partial charge in [0.1, 0.15) is 5.58 Å². The highest BCUT2D eigenvalue weighted by Gasteiger charge is 2.51. The molecule has 0 saturated heterocycles. The van der Waals surface area contributed by atoms with E-state index in [1.807, 2.05) is 24.3 Å². The Kier molecular flexibility index (Phi) is 8.55. The molecule has 0 N–H and O–H groups in total. The van der Waals surface area contributed by atoms with Crippen LogP contribution in [0.25, 0.3) is 71.7 Å². The Labute approximate surface area is 347 Å². The maximum absolute atomic E-state index is 9.87. The number of furan rings is 1. The van der Waals surface area contributed by atoms with Crippen LogP contribution in [0.4, 0.5) is 0 Å². The Morgan fingerprint density at radius 3 is 1.93 bits per heavy atom. The quantitative estimate of drug-likeness (QED) is 0.157. The third kappa shape index (κ3) is 5.22. The van der Waals surface area contributed by atoms with E-state index in [1.54, 1.807) is 6.92 Å². The fourth-order valence-corrected chi connectivity index (χ4v) is 9.19. The van der Waals surface area contributed by atoms with Crippen LogP contribution < -0.4 is 0 Å². The summed E-state index contributed by atoms with van der Waals surface area (Å²) in [5.41, 5.74) is 14.1. The molecule has 0 amide bonds. The third-order valence-corrected chi connectivity index (χ3v) is 11.4. The third-order valence-electron chi connectivity index (χ3n) is 11.4. The molecule has 0 fully saturated rings. The van der Waals surface area contributed by atoms with Crippen molar-refractivity contribution in [1.29, 1.82) is 5.26 Å². The molecule has 272 valence electrons. The number of hydrogen-bond donors (Lipinski definition) is 0. The van der Waals surface area contributed by atoms with Crippen LogP contribution in [0.3, 0.4) is 0 Å². The van der Waals surface area contributed by atoms with Crippen molar-refractivity contribution < 1.29 is 4.42 Å². The normalized spacial score (nSPS) is 13.1. The number of fused-ring (bicyclic) bond motifs is 15. The molecule has 1 spiro atoms. The second-order valence-corrected chi connectivity index (χ2v) is 14.2. The summed E-state index contributed by atoms with van der Waals surface area (Å²) in [7, 11) is 0. The summed E-state index contributed by atoms with van der Waals surface area (Å²) < 4.78 is 9.03. The minimum Gasteiger partial charge on any atom is -0.439 e. The van der Waals surface area contributed by atoms with E-state index in [9.17, 15) is 5.26 Å². The summed E-state index contributed by atoms with van der Waals surface area (Å²) in [6, 6.07) is 54.6. The molecule has 3 heterocycles. The van der Waals surface area contributed by atoms with Gasteiger partial charge in [0.25, 0.3) is 0 Å². The average molecular weight is 757 g/mol. The molecule has 9 aromatic rings. The minimum absolute atomic E-state index is 0.540. The van der Waals surface area contributed by atoms with Gasteiger partial charge >= 0.3 is 0 Å². The summed E-state index contributed by atoms with van der Waals surface area (Å²) in [6.45, 7) is 1.71. The van der Waals surface area contributed by atoms with Crippen LogP contribution in [0.1, 0.15) is 34.7 Å². The van der Waals surface area contributed by atoms with Crippen LogP contribution in [-0.2, 0) is 5.41 Å². The molecule has 2 aromatic heterocycles. The topological polar surface area (TPSA) is 41.9 Å². The van der Waals surface area contributed by atoms with Crippen LogP contribution >= 0.6 is 0 Å². The summed E-state index contributed by atoms with van der Waals surface area (Å²) in [6.07, 6.45) is 4.86. The first kappa shape index (κ1) is 35.4. The predicted octanol–water partition coefficient (Wildman–Crippen LogP) is 11.6. The number of hydrogen-bond acceptors (Lipinski definition) is 2. The van der Waals surface area contributed by atoms with Gasteiger partial charge in [0.05, 0.1) is 33.6 Å². The zero-order chi connectivity index (χ0) is 40.6. The number of benzene rings is 7. The molecular formula is C57H28N2O. The van der Waals surface area contributed by atoms with Crippen LogP contribution in [0.15, 0.2) is 150 Å². The number of aromatic nitrogens is 1. The van der Waals surface area contributed by atoms with E-state index in [-0.39, 0.29) is 0 Å². The molecule has 11 rings (SSSR count). The lowest BCUT2D eigenvalue weighted by Crippen LogP contribution is -2.33. The number of rotatable bonds is 1. The van der Waals surface area contributed by atoms with E-state index in [1.165, 1.54) is 44.3 Å². The molecule has 3 nitrogen and oxygen atoms in total. The lowest BCUT2D eigenvalue weighted by atomic mass is 9.65. The molecule has 60 heavy (non-hydrogen) atoms. The largest absolute Gasteiger partial charge is 0.439 e. The Bertz CT molecular complexity index is 3740. The van der Waals surface area contributed by atoms with E-state index in [0.29, 0.717) is 5.56 Å². The van der Waals surface area contributed by atoms with Crippen LogP contribution in [-0.4, -0.2) is 4.57 Å². The van der Waals surface area contributed by atoms with Gasteiger partial charge in [-0.1, -0.05) is 127 Å². The first-order chi connectivity index (χ1) is 29.7. The van der Waals surface area contributed by atoms with E-state index in [0.717, 1.165) is 49.7 Å². The van der Waals surface area contributed by atoms with Gasteiger partial charge in [0, 0.05) is 16.2 Å². The monoisotopic (exact) mass is 756 g/mol. The van der Waals surface area contributed by atoms with Gasteiger partial charge in [-0.2, -0.15) is 5.26 Å². The molecular weight excluding hydrogens is 729 g/mol. The Morgan fingerprint density at radius 2 is 1.15 bits per heavy atom. The van der Waals surface area contributed by atoms with Gasteiger partial charge in [0.15, 0.2) is 0 Å². The lowest BCUT2D eigenvalue weighted by molar-refractivity contribution is 0.639. The minimum atomic E-state index is -0.540. The maximum Gasteiger partial charge on any atom is 0.213 e. The van der Waals surface area contributed by atoms with E-state index in [4.69, 9.17) is 10.8 Å². The van der Waals surface area contributed by atoms with Gasteiger partial charge in [-0.05, 0) is 140 Å². The summed E-state index contributed by atoms with van der Waals surface area (Å²) in [5, 5.41) is 15.4. The molecule has 0 saturated carbocycles. The first-order valence-corrected chi connectivity index (χ1v) is 19.3. The Hall–Kier alpha value is -9.01. The van der Waals surface area contributed by atoms with Crippen molar-refractivity contribution in [1.82, 2.24) is 4.57 Å². The average Bonchev–Trinajstić information content (AvgIpc) is 3.94. The molecule has 2 aliphatic rings. The molecule has 1 unspecified atom stereocenters. The van der Waals surface area contributed by atoms with Crippen molar-refractivity contribution >= 4 is 43.7 Å². The van der Waals surface area contributed by atoms with Gasteiger partial charge < -0.3 is 4.42 Å². The number of nitriles is 1.